The van der Waals surface area contributed by atoms with Gasteiger partial charge in [-0.3, -0.25) is 9.78 Å². The van der Waals surface area contributed by atoms with Gasteiger partial charge in [0.25, 0.3) is 0 Å². The van der Waals surface area contributed by atoms with Crippen molar-refractivity contribution in [3.8, 4) is 17.6 Å². The van der Waals surface area contributed by atoms with Gasteiger partial charge in [-0.25, -0.2) is 0 Å². The molecule has 0 spiro atoms. The standard InChI is InChI=1S/C28H32ClN5O3/c1-6-22-20(17-30)28(31-18-11-12-25(36-7-2)21(29)14-18)19-15-24(26(37-8-3)16-23(19)32-22)33-27(35)10-9-13-34(4)5/h9-12,14-16H,6-8,13H2,1-5H3,(H,31,32)(H,33,35)/b10-9+. The molecule has 0 saturated carbocycles. The fourth-order valence-electron chi connectivity index (χ4n) is 3.76. The number of pyridine rings is 1. The van der Waals surface area contributed by atoms with Crippen LogP contribution in [0.15, 0.2) is 42.5 Å². The molecule has 9 heteroatoms. The van der Waals surface area contributed by atoms with Crippen molar-refractivity contribution in [3.05, 3.63) is 58.8 Å². The molecule has 0 bridgehead atoms. The number of nitrogens with one attached hydrogen (secondary N) is 2. The van der Waals surface area contributed by atoms with Gasteiger partial charge in [0.15, 0.2) is 0 Å². The Hall–Kier alpha value is -3.80. The minimum Gasteiger partial charge on any atom is -0.492 e. The molecule has 0 aliphatic heterocycles. The van der Waals surface area contributed by atoms with Gasteiger partial charge in [-0.05, 0) is 58.6 Å². The first kappa shape index (κ1) is 27.8. The van der Waals surface area contributed by atoms with E-state index in [4.69, 9.17) is 26.1 Å². The summed E-state index contributed by atoms with van der Waals surface area (Å²) in [6.07, 6.45) is 3.83. The van der Waals surface area contributed by atoms with Crippen LogP contribution in [0.25, 0.3) is 10.9 Å². The van der Waals surface area contributed by atoms with Gasteiger partial charge in [-0.1, -0.05) is 24.6 Å². The number of rotatable bonds is 11. The highest BCUT2D eigenvalue weighted by Crippen LogP contribution is 2.38. The molecule has 0 unspecified atom stereocenters. The van der Waals surface area contributed by atoms with Crippen LogP contribution >= 0.6 is 11.6 Å². The molecular formula is C28H32ClN5O3. The maximum atomic E-state index is 12.6. The molecular weight excluding hydrogens is 490 g/mol. The molecule has 194 valence electrons. The van der Waals surface area contributed by atoms with Crippen LogP contribution in [-0.2, 0) is 11.2 Å². The fourth-order valence-corrected chi connectivity index (χ4v) is 4.00. The Bertz CT molecular complexity index is 1350. The number of fused-ring (bicyclic) bond motifs is 1. The van der Waals surface area contributed by atoms with Crippen LogP contribution in [0.1, 0.15) is 32.0 Å². The van der Waals surface area contributed by atoms with Crippen molar-refractivity contribution >= 4 is 45.5 Å². The number of halogens is 1. The van der Waals surface area contributed by atoms with Crippen molar-refractivity contribution in [1.29, 1.82) is 5.26 Å². The van der Waals surface area contributed by atoms with Crippen LogP contribution in [0, 0.1) is 11.3 Å². The Labute approximate surface area is 222 Å². The number of ether oxygens (including phenoxy) is 2. The van der Waals surface area contributed by atoms with E-state index in [-0.39, 0.29) is 5.91 Å². The SMILES string of the molecule is CCOc1ccc(Nc2c(C#N)c(CC)nc3cc(OCC)c(NC(=O)/C=C/CN(C)C)cc23)cc1Cl. The van der Waals surface area contributed by atoms with E-state index in [1.54, 1.807) is 30.3 Å². The van der Waals surface area contributed by atoms with Crippen molar-refractivity contribution in [2.75, 3.05) is 44.5 Å². The number of anilines is 3. The van der Waals surface area contributed by atoms with E-state index in [0.29, 0.717) is 81.9 Å². The van der Waals surface area contributed by atoms with Gasteiger partial charge in [0, 0.05) is 29.8 Å². The smallest absolute Gasteiger partial charge is 0.248 e. The third-order valence-corrected chi connectivity index (χ3v) is 5.70. The molecule has 2 N–H and O–H groups in total. The van der Waals surface area contributed by atoms with E-state index >= 15 is 0 Å². The summed E-state index contributed by atoms with van der Waals surface area (Å²) >= 11 is 6.41. The average Bonchev–Trinajstić information content (AvgIpc) is 2.86. The third kappa shape index (κ3) is 6.91. The van der Waals surface area contributed by atoms with Crippen LogP contribution in [0.4, 0.5) is 17.1 Å². The molecule has 1 amide bonds. The first-order chi connectivity index (χ1) is 17.8. The largest absolute Gasteiger partial charge is 0.492 e. The zero-order chi connectivity index (χ0) is 26.9. The normalized spacial score (nSPS) is 11.1. The van der Waals surface area contributed by atoms with E-state index in [9.17, 15) is 10.1 Å². The molecule has 3 rings (SSSR count). The Morgan fingerprint density at radius 1 is 1.14 bits per heavy atom. The summed E-state index contributed by atoms with van der Waals surface area (Å²) in [5.74, 6) is 0.796. The van der Waals surface area contributed by atoms with Gasteiger partial charge in [-0.15, -0.1) is 0 Å². The number of likely N-dealkylation sites (N-methyl/N-ethyl adjacent to an activating group) is 1. The predicted octanol–water partition coefficient (Wildman–Crippen LogP) is 5.92. The number of hydrogen-bond acceptors (Lipinski definition) is 7. The van der Waals surface area contributed by atoms with Crippen molar-refractivity contribution in [2.24, 2.45) is 0 Å². The Kier molecular flexibility index (Phi) is 9.72. The molecule has 0 saturated heterocycles. The number of benzene rings is 2. The number of aromatic nitrogens is 1. The molecule has 0 aliphatic carbocycles. The zero-order valence-electron chi connectivity index (χ0n) is 21.8. The third-order valence-electron chi connectivity index (χ3n) is 5.41. The van der Waals surface area contributed by atoms with Crippen molar-refractivity contribution in [2.45, 2.75) is 27.2 Å². The lowest BCUT2D eigenvalue weighted by atomic mass is 10.0. The van der Waals surface area contributed by atoms with Gasteiger partial charge < -0.3 is 25.0 Å². The molecule has 1 aromatic heterocycles. The molecule has 0 atom stereocenters. The van der Waals surface area contributed by atoms with Gasteiger partial charge in [0.1, 0.15) is 17.6 Å². The van der Waals surface area contributed by atoms with Gasteiger partial charge in [0.05, 0.1) is 46.4 Å². The van der Waals surface area contributed by atoms with Crippen molar-refractivity contribution in [3.63, 3.8) is 0 Å². The topological polar surface area (TPSA) is 99.5 Å². The summed E-state index contributed by atoms with van der Waals surface area (Å²) in [6.45, 7) is 7.27. The van der Waals surface area contributed by atoms with Crippen LogP contribution in [0.5, 0.6) is 11.5 Å². The summed E-state index contributed by atoms with van der Waals surface area (Å²) in [6, 6.07) is 11.2. The highest BCUT2D eigenvalue weighted by atomic mass is 35.5. The van der Waals surface area contributed by atoms with E-state index < -0.39 is 0 Å². The first-order valence-electron chi connectivity index (χ1n) is 12.2. The molecule has 3 aromatic rings. The molecule has 2 aromatic carbocycles. The Morgan fingerprint density at radius 2 is 1.86 bits per heavy atom. The second kappa shape index (κ2) is 12.9. The van der Waals surface area contributed by atoms with Crippen molar-refractivity contribution < 1.29 is 14.3 Å². The number of hydrogen-bond donors (Lipinski definition) is 2. The number of carbonyl (C=O) groups is 1. The lowest BCUT2D eigenvalue weighted by Gasteiger charge is -2.18. The lowest BCUT2D eigenvalue weighted by molar-refractivity contribution is -0.111. The van der Waals surface area contributed by atoms with E-state index in [2.05, 4.69) is 16.7 Å². The maximum Gasteiger partial charge on any atom is 0.248 e. The van der Waals surface area contributed by atoms with E-state index in [0.717, 1.165) is 0 Å². The Morgan fingerprint density at radius 3 is 2.49 bits per heavy atom. The lowest BCUT2D eigenvalue weighted by Crippen LogP contribution is -2.13. The van der Waals surface area contributed by atoms with Crippen LogP contribution in [-0.4, -0.2) is 49.6 Å². The Balaban J connectivity index is 2.14. The van der Waals surface area contributed by atoms with E-state index in [1.807, 2.05) is 45.8 Å². The van der Waals surface area contributed by atoms with Crippen LogP contribution in [0.2, 0.25) is 5.02 Å². The summed E-state index contributed by atoms with van der Waals surface area (Å²) < 4.78 is 11.4. The number of nitrogens with zero attached hydrogens (tertiary/aromatic N) is 3. The van der Waals surface area contributed by atoms with E-state index in [1.165, 1.54) is 6.08 Å². The molecule has 0 radical (unpaired) electrons. The number of amides is 1. The monoisotopic (exact) mass is 521 g/mol. The second-order valence-electron chi connectivity index (χ2n) is 8.43. The first-order valence-corrected chi connectivity index (χ1v) is 12.5. The van der Waals surface area contributed by atoms with Crippen LogP contribution in [0.3, 0.4) is 0 Å². The summed E-state index contributed by atoms with van der Waals surface area (Å²) in [4.78, 5) is 19.3. The van der Waals surface area contributed by atoms with Crippen LogP contribution < -0.4 is 20.1 Å². The minimum atomic E-state index is -0.284. The minimum absolute atomic E-state index is 0.284. The quantitative estimate of drug-likeness (QED) is 0.302. The predicted molar refractivity (Wildman–Crippen MR) is 149 cm³/mol. The summed E-state index contributed by atoms with van der Waals surface area (Å²) in [5.41, 5.74) is 3.46. The molecule has 8 nitrogen and oxygen atoms in total. The summed E-state index contributed by atoms with van der Waals surface area (Å²) in [5, 5.41) is 17.4. The molecule has 0 fully saturated rings. The summed E-state index contributed by atoms with van der Waals surface area (Å²) in [7, 11) is 3.85. The molecule has 0 aliphatic rings. The number of aryl methyl sites for hydroxylation is 1. The fraction of sp³-hybridized carbons (Fsp3) is 0.321. The molecule has 1 heterocycles. The second-order valence-corrected chi connectivity index (χ2v) is 8.84. The number of nitriles is 1. The maximum absolute atomic E-state index is 12.6. The number of carbonyl (C=O) groups excluding carboxylic acids is 1. The van der Waals surface area contributed by atoms with Crippen molar-refractivity contribution in [1.82, 2.24) is 9.88 Å². The average molecular weight is 522 g/mol. The van der Waals surface area contributed by atoms with Gasteiger partial charge in [0.2, 0.25) is 5.91 Å². The van der Waals surface area contributed by atoms with Gasteiger partial charge in [-0.2, -0.15) is 5.26 Å². The highest BCUT2D eigenvalue weighted by Gasteiger charge is 2.18. The van der Waals surface area contributed by atoms with Gasteiger partial charge >= 0.3 is 0 Å². The highest BCUT2D eigenvalue weighted by molar-refractivity contribution is 6.32. The molecule has 37 heavy (non-hydrogen) atoms. The zero-order valence-corrected chi connectivity index (χ0v) is 22.6.